The van der Waals surface area contributed by atoms with Gasteiger partial charge in [0.25, 0.3) is 0 Å². The van der Waals surface area contributed by atoms with Gasteiger partial charge in [-0.2, -0.15) is 0 Å². The van der Waals surface area contributed by atoms with Gasteiger partial charge in [-0.25, -0.2) is 0 Å². The standard InChI is InChI=1S/C21H25N3O2.HI/c1-22-20(24-15-21(11-12-21)16-7-3-2-4-8-16)23-13-17-14-25-18-9-5-6-10-19(18)26-17;/h2-10,17H,11-15H2,1H3,(H2,22,23,24);1H. The van der Waals surface area contributed by atoms with Crippen LogP contribution in [0.5, 0.6) is 11.5 Å². The molecule has 2 aromatic carbocycles. The van der Waals surface area contributed by atoms with E-state index in [0.717, 1.165) is 24.0 Å². The van der Waals surface area contributed by atoms with Gasteiger partial charge < -0.3 is 20.1 Å². The number of guanidine groups is 1. The summed E-state index contributed by atoms with van der Waals surface area (Å²) < 4.78 is 11.7. The zero-order valence-corrected chi connectivity index (χ0v) is 17.8. The normalized spacial score (nSPS) is 19.6. The Balaban J connectivity index is 0.00000210. The molecule has 0 aromatic heterocycles. The highest BCUT2D eigenvalue weighted by atomic mass is 127. The molecule has 0 amide bonds. The average molecular weight is 479 g/mol. The van der Waals surface area contributed by atoms with Crippen molar-refractivity contribution in [3.8, 4) is 11.5 Å². The molecule has 1 aliphatic carbocycles. The second-order valence-electron chi connectivity index (χ2n) is 6.95. The van der Waals surface area contributed by atoms with Gasteiger partial charge in [0.05, 0.1) is 6.54 Å². The number of fused-ring (bicyclic) bond motifs is 1. The Hall–Kier alpha value is -1.96. The Bertz CT molecular complexity index is 778. The van der Waals surface area contributed by atoms with Crippen LogP contribution in [0.3, 0.4) is 0 Å². The second kappa shape index (κ2) is 8.82. The highest BCUT2D eigenvalue weighted by Gasteiger charge is 2.44. The third-order valence-electron chi connectivity index (χ3n) is 5.12. The summed E-state index contributed by atoms with van der Waals surface area (Å²) in [6.45, 7) is 2.07. The minimum Gasteiger partial charge on any atom is -0.486 e. The summed E-state index contributed by atoms with van der Waals surface area (Å²) in [6.07, 6.45) is 2.40. The van der Waals surface area contributed by atoms with Crippen LogP contribution in [0, 0.1) is 0 Å². The Morgan fingerprint density at radius 2 is 1.74 bits per heavy atom. The fraction of sp³-hybridized carbons (Fsp3) is 0.381. The van der Waals surface area contributed by atoms with Crippen LogP contribution in [-0.2, 0) is 5.41 Å². The summed E-state index contributed by atoms with van der Waals surface area (Å²) in [7, 11) is 1.80. The highest BCUT2D eigenvalue weighted by molar-refractivity contribution is 14.0. The lowest BCUT2D eigenvalue weighted by Gasteiger charge is -2.27. The van der Waals surface area contributed by atoms with Crippen molar-refractivity contribution in [2.75, 3.05) is 26.7 Å². The molecule has 144 valence electrons. The van der Waals surface area contributed by atoms with E-state index in [4.69, 9.17) is 9.47 Å². The number of aliphatic imine (C=N–C) groups is 1. The second-order valence-corrected chi connectivity index (χ2v) is 6.95. The molecule has 1 saturated carbocycles. The topological polar surface area (TPSA) is 54.9 Å². The van der Waals surface area contributed by atoms with Crippen LogP contribution in [-0.4, -0.2) is 38.8 Å². The largest absolute Gasteiger partial charge is 0.486 e. The zero-order valence-electron chi connectivity index (χ0n) is 15.5. The van der Waals surface area contributed by atoms with Crippen LogP contribution in [0.15, 0.2) is 59.6 Å². The summed E-state index contributed by atoms with van der Waals surface area (Å²) in [5.41, 5.74) is 1.66. The number of halogens is 1. The molecule has 27 heavy (non-hydrogen) atoms. The monoisotopic (exact) mass is 479 g/mol. The first kappa shape index (κ1) is 19.8. The first-order valence-electron chi connectivity index (χ1n) is 9.18. The molecule has 0 saturated heterocycles. The molecule has 1 aliphatic heterocycles. The van der Waals surface area contributed by atoms with Gasteiger partial charge >= 0.3 is 0 Å². The lowest BCUT2D eigenvalue weighted by atomic mass is 9.96. The number of hydrogen-bond acceptors (Lipinski definition) is 3. The van der Waals surface area contributed by atoms with Crippen molar-refractivity contribution in [3.63, 3.8) is 0 Å². The molecule has 1 unspecified atom stereocenters. The van der Waals surface area contributed by atoms with Crippen molar-refractivity contribution < 1.29 is 9.47 Å². The molecular formula is C21H26IN3O2. The fourth-order valence-corrected chi connectivity index (χ4v) is 3.36. The molecule has 2 aliphatic rings. The van der Waals surface area contributed by atoms with Gasteiger partial charge in [0.1, 0.15) is 12.7 Å². The van der Waals surface area contributed by atoms with E-state index in [0.29, 0.717) is 13.2 Å². The molecule has 0 bridgehead atoms. The van der Waals surface area contributed by atoms with Gasteiger partial charge in [-0.15, -0.1) is 24.0 Å². The summed E-state index contributed by atoms with van der Waals surface area (Å²) in [5.74, 6) is 2.41. The maximum absolute atomic E-state index is 5.98. The van der Waals surface area contributed by atoms with E-state index in [9.17, 15) is 0 Å². The number of nitrogens with zero attached hydrogens (tertiary/aromatic N) is 1. The van der Waals surface area contributed by atoms with E-state index in [-0.39, 0.29) is 35.5 Å². The Morgan fingerprint density at radius 1 is 1.04 bits per heavy atom. The Kier molecular flexibility index (Phi) is 6.46. The van der Waals surface area contributed by atoms with E-state index in [1.807, 2.05) is 24.3 Å². The number of para-hydroxylation sites is 2. The summed E-state index contributed by atoms with van der Waals surface area (Å²) >= 11 is 0. The quantitative estimate of drug-likeness (QED) is 0.393. The van der Waals surface area contributed by atoms with Gasteiger partial charge in [0, 0.05) is 19.0 Å². The van der Waals surface area contributed by atoms with E-state index in [1.165, 1.54) is 18.4 Å². The van der Waals surface area contributed by atoms with Crippen LogP contribution in [0.25, 0.3) is 0 Å². The molecule has 2 N–H and O–H groups in total. The SMILES string of the molecule is CN=C(NCC1COc2ccccc2O1)NCC1(c2ccccc2)CC1.I. The van der Waals surface area contributed by atoms with Crippen LogP contribution in [0.1, 0.15) is 18.4 Å². The van der Waals surface area contributed by atoms with E-state index >= 15 is 0 Å². The summed E-state index contributed by atoms with van der Waals surface area (Å²) in [6, 6.07) is 18.5. The van der Waals surface area contributed by atoms with Gasteiger partial charge in [-0.1, -0.05) is 42.5 Å². The van der Waals surface area contributed by atoms with Crippen molar-refractivity contribution in [2.45, 2.75) is 24.4 Å². The highest BCUT2D eigenvalue weighted by Crippen LogP contribution is 2.47. The summed E-state index contributed by atoms with van der Waals surface area (Å²) in [4.78, 5) is 4.34. The first-order valence-corrected chi connectivity index (χ1v) is 9.18. The molecule has 0 radical (unpaired) electrons. The maximum atomic E-state index is 5.98. The van der Waals surface area contributed by atoms with Gasteiger partial charge in [0.15, 0.2) is 17.5 Å². The average Bonchev–Trinajstić information content (AvgIpc) is 3.50. The predicted molar refractivity (Wildman–Crippen MR) is 118 cm³/mol. The van der Waals surface area contributed by atoms with Gasteiger partial charge in [0.2, 0.25) is 0 Å². The molecule has 5 nitrogen and oxygen atoms in total. The van der Waals surface area contributed by atoms with Crippen LogP contribution >= 0.6 is 24.0 Å². The molecule has 2 aromatic rings. The Morgan fingerprint density at radius 3 is 2.44 bits per heavy atom. The number of nitrogens with one attached hydrogen (secondary N) is 2. The van der Waals surface area contributed by atoms with Crippen molar-refractivity contribution in [3.05, 3.63) is 60.2 Å². The van der Waals surface area contributed by atoms with Crippen LogP contribution < -0.4 is 20.1 Å². The maximum Gasteiger partial charge on any atom is 0.191 e. The van der Waals surface area contributed by atoms with Crippen molar-refractivity contribution in [2.24, 2.45) is 4.99 Å². The smallest absolute Gasteiger partial charge is 0.191 e. The minimum absolute atomic E-state index is 0. The fourth-order valence-electron chi connectivity index (χ4n) is 3.36. The number of benzene rings is 2. The molecule has 6 heteroatoms. The number of ether oxygens (including phenoxy) is 2. The van der Waals surface area contributed by atoms with Gasteiger partial charge in [-0.05, 0) is 30.5 Å². The third-order valence-corrected chi connectivity index (χ3v) is 5.12. The number of hydrogen-bond donors (Lipinski definition) is 2. The summed E-state index contributed by atoms with van der Waals surface area (Å²) in [5, 5.41) is 6.83. The van der Waals surface area contributed by atoms with Crippen molar-refractivity contribution in [1.29, 1.82) is 0 Å². The van der Waals surface area contributed by atoms with Crippen molar-refractivity contribution in [1.82, 2.24) is 10.6 Å². The van der Waals surface area contributed by atoms with Crippen LogP contribution in [0.2, 0.25) is 0 Å². The van der Waals surface area contributed by atoms with E-state index in [2.05, 4.69) is 46.0 Å². The predicted octanol–water partition coefficient (Wildman–Crippen LogP) is 3.34. The third kappa shape index (κ3) is 4.66. The molecular weight excluding hydrogens is 453 g/mol. The lowest BCUT2D eigenvalue weighted by Crippen LogP contribution is -2.47. The van der Waals surface area contributed by atoms with Crippen molar-refractivity contribution >= 4 is 29.9 Å². The van der Waals surface area contributed by atoms with Crippen LogP contribution in [0.4, 0.5) is 0 Å². The molecule has 1 atom stereocenters. The lowest BCUT2D eigenvalue weighted by molar-refractivity contribution is 0.0936. The van der Waals surface area contributed by atoms with E-state index in [1.54, 1.807) is 7.05 Å². The van der Waals surface area contributed by atoms with E-state index < -0.39 is 0 Å². The number of rotatable bonds is 5. The minimum atomic E-state index is -0.0348. The zero-order chi connectivity index (χ0) is 17.8. The molecule has 1 fully saturated rings. The molecule has 1 heterocycles. The molecule has 4 rings (SSSR count). The molecule has 0 spiro atoms. The van der Waals surface area contributed by atoms with Gasteiger partial charge in [-0.3, -0.25) is 4.99 Å². The Labute approximate surface area is 177 Å². The first-order chi connectivity index (χ1) is 12.8.